The van der Waals surface area contributed by atoms with Crippen LogP contribution in [-0.2, 0) is 0 Å². The molecule has 2 N–H and O–H groups in total. The lowest BCUT2D eigenvalue weighted by molar-refractivity contribution is 0.618. The molecule has 0 aliphatic heterocycles. The van der Waals surface area contributed by atoms with Crippen molar-refractivity contribution in [2.75, 3.05) is 5.73 Å². The van der Waals surface area contributed by atoms with Gasteiger partial charge in [-0.3, -0.25) is 0 Å². The third-order valence-corrected chi connectivity index (χ3v) is 3.83. The number of aromatic nitrogens is 2. The molecule has 0 aliphatic carbocycles. The number of hydrogen-bond donors (Lipinski definition) is 1. The van der Waals surface area contributed by atoms with Gasteiger partial charge in [-0.2, -0.15) is 5.10 Å². The number of rotatable bonds is 2. The summed E-state index contributed by atoms with van der Waals surface area (Å²) in [5.41, 5.74) is 9.00. The Hall–Kier alpha value is -1.89. The smallest absolute Gasteiger partial charge is 0.138 e. The highest BCUT2D eigenvalue weighted by Gasteiger charge is 2.09. The van der Waals surface area contributed by atoms with E-state index in [-0.39, 0.29) is 5.82 Å². The van der Waals surface area contributed by atoms with Crippen LogP contribution in [0.1, 0.15) is 0 Å². The second-order valence-corrected chi connectivity index (χ2v) is 5.53. The maximum absolute atomic E-state index is 13.7. The number of nitrogen functional groups attached to an aromatic ring is 1. The molecule has 0 aliphatic rings. The molecule has 0 unspecified atom stereocenters. The minimum Gasteiger partial charge on any atom is -0.397 e. The summed E-state index contributed by atoms with van der Waals surface area (Å²) in [6.07, 6.45) is 3.58. The Morgan fingerprint density at radius 1 is 1.10 bits per heavy atom. The number of benzene rings is 2. The van der Waals surface area contributed by atoms with E-state index in [4.69, 9.17) is 5.73 Å². The third-order valence-electron chi connectivity index (χ3n) is 3.01. The monoisotopic (exact) mass is 379 g/mol. The quantitative estimate of drug-likeness (QED) is 0.543. The molecule has 0 radical (unpaired) electrons. The average Bonchev–Trinajstić information content (AvgIpc) is 2.93. The molecule has 1 aromatic heterocycles. The van der Waals surface area contributed by atoms with Gasteiger partial charge in [0.25, 0.3) is 0 Å². The van der Waals surface area contributed by atoms with E-state index in [1.54, 1.807) is 16.9 Å². The van der Waals surface area contributed by atoms with E-state index < -0.39 is 0 Å². The van der Waals surface area contributed by atoms with E-state index in [1.807, 2.05) is 59.1 Å². The van der Waals surface area contributed by atoms with Crippen LogP contribution in [-0.4, -0.2) is 9.78 Å². The highest BCUT2D eigenvalue weighted by atomic mass is 127. The molecule has 0 saturated heterocycles. The van der Waals surface area contributed by atoms with Gasteiger partial charge in [-0.15, -0.1) is 0 Å². The van der Waals surface area contributed by atoms with Gasteiger partial charge >= 0.3 is 0 Å². The lowest BCUT2D eigenvalue weighted by atomic mass is 10.1. The van der Waals surface area contributed by atoms with Crippen molar-refractivity contribution in [3.8, 4) is 16.8 Å². The number of anilines is 1. The first-order chi connectivity index (χ1) is 9.65. The summed E-state index contributed by atoms with van der Waals surface area (Å²) in [5.74, 6) is -0.299. The zero-order chi connectivity index (χ0) is 14.1. The van der Waals surface area contributed by atoms with Gasteiger partial charge in [-0.05, 0) is 34.2 Å². The Bertz CT molecular complexity index is 753. The summed E-state index contributed by atoms with van der Waals surface area (Å²) in [4.78, 5) is 0. The van der Waals surface area contributed by atoms with E-state index in [1.165, 1.54) is 6.07 Å². The van der Waals surface area contributed by atoms with E-state index in [0.29, 0.717) is 14.9 Å². The third kappa shape index (κ3) is 2.40. The van der Waals surface area contributed by atoms with Crippen LogP contribution < -0.4 is 5.73 Å². The Morgan fingerprint density at radius 2 is 1.85 bits per heavy atom. The number of nitrogens with zero attached hydrogens (tertiary/aromatic N) is 2. The topological polar surface area (TPSA) is 43.8 Å². The second kappa shape index (κ2) is 5.24. The highest BCUT2D eigenvalue weighted by molar-refractivity contribution is 14.1. The lowest BCUT2D eigenvalue weighted by Gasteiger charge is -2.06. The van der Waals surface area contributed by atoms with Gasteiger partial charge in [-0.25, -0.2) is 9.07 Å². The van der Waals surface area contributed by atoms with Crippen LogP contribution in [0.4, 0.5) is 10.1 Å². The first-order valence-electron chi connectivity index (χ1n) is 6.00. The molecule has 0 amide bonds. The molecule has 1 heterocycles. The van der Waals surface area contributed by atoms with Crippen LogP contribution in [0.25, 0.3) is 16.8 Å². The van der Waals surface area contributed by atoms with Crippen molar-refractivity contribution >= 4 is 28.3 Å². The van der Waals surface area contributed by atoms with Crippen molar-refractivity contribution in [3.63, 3.8) is 0 Å². The second-order valence-electron chi connectivity index (χ2n) is 4.36. The predicted octanol–water partition coefficient (Wildman–Crippen LogP) is 3.87. The molecule has 100 valence electrons. The fourth-order valence-corrected chi connectivity index (χ4v) is 2.48. The maximum Gasteiger partial charge on any atom is 0.138 e. The molecule has 0 spiro atoms. The largest absolute Gasteiger partial charge is 0.397 e. The van der Waals surface area contributed by atoms with E-state index in [0.717, 1.165) is 11.1 Å². The predicted molar refractivity (Wildman–Crippen MR) is 86.1 cm³/mol. The molecule has 20 heavy (non-hydrogen) atoms. The van der Waals surface area contributed by atoms with Gasteiger partial charge in [0.1, 0.15) is 5.82 Å². The van der Waals surface area contributed by atoms with Crippen molar-refractivity contribution < 1.29 is 4.39 Å². The zero-order valence-corrected chi connectivity index (χ0v) is 12.6. The van der Waals surface area contributed by atoms with Gasteiger partial charge in [0, 0.05) is 17.8 Å². The van der Waals surface area contributed by atoms with Crippen molar-refractivity contribution in [1.82, 2.24) is 9.78 Å². The summed E-state index contributed by atoms with van der Waals surface area (Å²) >= 11 is 1.92. The molecule has 3 aromatic rings. The molecule has 0 saturated carbocycles. The zero-order valence-electron chi connectivity index (χ0n) is 10.4. The Labute approximate surface area is 129 Å². The van der Waals surface area contributed by atoms with Gasteiger partial charge in [0.2, 0.25) is 0 Å². The maximum atomic E-state index is 13.7. The van der Waals surface area contributed by atoms with Gasteiger partial charge in [-0.1, -0.05) is 30.3 Å². The number of nitrogens with two attached hydrogens (primary N) is 1. The molecule has 5 heteroatoms. The number of hydrogen-bond acceptors (Lipinski definition) is 2. The first-order valence-corrected chi connectivity index (χ1v) is 7.08. The summed E-state index contributed by atoms with van der Waals surface area (Å²) in [6, 6.07) is 12.9. The van der Waals surface area contributed by atoms with Crippen molar-refractivity contribution in [2.24, 2.45) is 0 Å². The Morgan fingerprint density at radius 3 is 2.60 bits per heavy atom. The fraction of sp³-hybridized carbons (Fsp3) is 0. The van der Waals surface area contributed by atoms with Crippen LogP contribution in [0.2, 0.25) is 0 Å². The van der Waals surface area contributed by atoms with Crippen molar-refractivity contribution in [2.45, 2.75) is 0 Å². The van der Waals surface area contributed by atoms with Crippen molar-refractivity contribution in [3.05, 3.63) is 64.2 Å². The van der Waals surface area contributed by atoms with Gasteiger partial charge in [0.15, 0.2) is 0 Å². The standard InChI is InChI=1S/C15H11FIN3/c16-12-6-15(14(18)7-13(12)17)20-9-11(8-19-20)10-4-2-1-3-5-10/h1-9H,18H2. The summed E-state index contributed by atoms with van der Waals surface area (Å²) in [6.45, 7) is 0. The van der Waals surface area contributed by atoms with Crippen LogP contribution in [0.15, 0.2) is 54.9 Å². The van der Waals surface area contributed by atoms with Gasteiger partial charge < -0.3 is 5.73 Å². The molecule has 0 atom stereocenters. The molecule has 0 bridgehead atoms. The lowest BCUT2D eigenvalue weighted by Crippen LogP contribution is -2.02. The minimum atomic E-state index is -0.299. The summed E-state index contributed by atoms with van der Waals surface area (Å²) < 4.78 is 15.8. The average molecular weight is 379 g/mol. The van der Waals surface area contributed by atoms with Crippen LogP contribution in [0.3, 0.4) is 0 Å². The fourth-order valence-electron chi connectivity index (χ4n) is 1.98. The molecular formula is C15H11FIN3. The Kier molecular flexibility index (Phi) is 3.43. The summed E-state index contributed by atoms with van der Waals surface area (Å²) in [5, 5.41) is 4.26. The van der Waals surface area contributed by atoms with Crippen LogP contribution in [0, 0.1) is 9.39 Å². The molecule has 2 aromatic carbocycles. The summed E-state index contributed by atoms with van der Waals surface area (Å²) in [7, 11) is 0. The van der Waals surface area contributed by atoms with Crippen LogP contribution >= 0.6 is 22.6 Å². The molecule has 3 rings (SSSR count). The van der Waals surface area contributed by atoms with Crippen LogP contribution in [0.5, 0.6) is 0 Å². The van der Waals surface area contributed by atoms with E-state index >= 15 is 0 Å². The molecular weight excluding hydrogens is 368 g/mol. The normalized spacial score (nSPS) is 10.7. The van der Waals surface area contributed by atoms with E-state index in [2.05, 4.69) is 5.10 Å². The first kappa shape index (κ1) is 13.1. The van der Waals surface area contributed by atoms with Gasteiger partial charge in [0.05, 0.1) is 21.1 Å². The Balaban J connectivity index is 2.05. The minimum absolute atomic E-state index is 0.299. The van der Waals surface area contributed by atoms with E-state index in [9.17, 15) is 4.39 Å². The number of halogens is 2. The van der Waals surface area contributed by atoms with Crippen molar-refractivity contribution in [1.29, 1.82) is 0 Å². The highest BCUT2D eigenvalue weighted by Crippen LogP contribution is 2.25. The molecule has 3 nitrogen and oxygen atoms in total. The SMILES string of the molecule is Nc1cc(I)c(F)cc1-n1cc(-c2ccccc2)cn1. The molecule has 0 fully saturated rings.